The predicted octanol–water partition coefficient (Wildman–Crippen LogP) is 12.7. The number of aryl methyl sites for hydroxylation is 2. The molecule has 0 N–H and O–H groups in total. The maximum atomic E-state index is 2.95. The van der Waals surface area contributed by atoms with Crippen LogP contribution in [-0.2, 0) is 16.2 Å². The molecule has 6 aromatic carbocycles. The van der Waals surface area contributed by atoms with Gasteiger partial charge in [-0.2, -0.15) is 0 Å². The number of hydrogen-bond donors (Lipinski definition) is 0. The number of hydrogen-bond acceptors (Lipinski definition) is 3. The van der Waals surface area contributed by atoms with Crippen LogP contribution in [0.15, 0.2) is 121 Å². The van der Waals surface area contributed by atoms with Crippen molar-refractivity contribution in [2.24, 2.45) is 0 Å². The fourth-order valence-corrected chi connectivity index (χ4v) is 14.2. The second kappa shape index (κ2) is 12.5. The Bertz CT molecular complexity index is 2820. The van der Waals surface area contributed by atoms with Gasteiger partial charge in [0.2, 0.25) is 0 Å². The summed E-state index contributed by atoms with van der Waals surface area (Å²) in [5.74, 6) is 0. The van der Waals surface area contributed by atoms with Gasteiger partial charge < -0.3 is 14.7 Å². The molecule has 2 fully saturated rings. The zero-order chi connectivity index (χ0) is 41.8. The summed E-state index contributed by atoms with van der Waals surface area (Å²) in [6, 6.07) is 48.3. The smallest absolute Gasteiger partial charge is 0.252 e. The third-order valence-corrected chi connectivity index (χ3v) is 17.3. The predicted molar refractivity (Wildman–Crippen MR) is 259 cm³/mol. The second-order valence-electron chi connectivity index (χ2n) is 21.5. The van der Waals surface area contributed by atoms with Crippen molar-refractivity contribution in [2.45, 2.75) is 134 Å². The third kappa shape index (κ3) is 4.67. The number of fused-ring (bicyclic) bond motifs is 10. The minimum absolute atomic E-state index is 0.0154. The Morgan fingerprint density at radius 3 is 2.02 bits per heavy atom. The Kier molecular flexibility index (Phi) is 7.67. The quantitative estimate of drug-likeness (QED) is 0.165. The summed E-state index contributed by atoms with van der Waals surface area (Å²) < 4.78 is 0. The van der Waals surface area contributed by atoms with E-state index < -0.39 is 0 Å². The average molecular weight is 798 g/mol. The molecular weight excluding hydrogens is 737 g/mol. The van der Waals surface area contributed by atoms with Crippen LogP contribution >= 0.6 is 0 Å². The molecule has 2 saturated carbocycles. The average Bonchev–Trinajstić information content (AvgIpc) is 3.62. The van der Waals surface area contributed by atoms with Gasteiger partial charge in [0.15, 0.2) is 0 Å². The van der Waals surface area contributed by atoms with Crippen LogP contribution in [0.3, 0.4) is 0 Å². The molecule has 0 radical (unpaired) electrons. The zero-order valence-electron chi connectivity index (χ0n) is 37.6. The SMILES string of the molecule is Cc1cccc(N2c3cc(C)ccc3B3c4cc(C(C)(C)C)cc5c4N(c4cc(N6c7ccccc7C7(C)CCCCC67C)cc2c43)C2(C)CCCCC52c2ccccc2)c1. The lowest BCUT2D eigenvalue weighted by molar-refractivity contribution is 0.195. The zero-order valence-corrected chi connectivity index (χ0v) is 37.6. The number of anilines is 7. The number of nitrogens with zero attached hydrogens (tertiary/aromatic N) is 3. The van der Waals surface area contributed by atoms with Crippen molar-refractivity contribution in [3.63, 3.8) is 0 Å². The molecule has 0 saturated heterocycles. The van der Waals surface area contributed by atoms with Gasteiger partial charge in [0.25, 0.3) is 6.71 Å². The second-order valence-corrected chi connectivity index (χ2v) is 21.5. The standard InChI is InChI=1S/C57H60BN3/c1-37-19-18-22-41(31-37)59-48-32-38(2)25-26-45(48)58-46-34-40(53(3,4)5)33-44-52(46)61(56(8)29-16-17-30-57(44,56)39-20-10-9-11-21-39)50-36-42(35-49(59)51(50)58)60-47-24-13-12-23-43(47)54(6)27-14-15-28-55(54,60)7/h9-13,18-26,31-36H,14-17,27-30H2,1-8H3. The summed E-state index contributed by atoms with van der Waals surface area (Å²) in [4.78, 5) is 8.44. The highest BCUT2D eigenvalue weighted by atomic mass is 15.3. The van der Waals surface area contributed by atoms with Gasteiger partial charge in [-0.15, -0.1) is 0 Å². The van der Waals surface area contributed by atoms with Crippen LogP contribution in [0.2, 0.25) is 0 Å². The van der Waals surface area contributed by atoms with Crippen LogP contribution in [0.1, 0.15) is 126 Å². The van der Waals surface area contributed by atoms with Crippen molar-refractivity contribution in [3.8, 4) is 0 Å². The van der Waals surface area contributed by atoms with E-state index in [1.165, 1.54) is 123 Å². The minimum atomic E-state index is -0.175. The Hall–Kier alpha value is -5.22. The largest absolute Gasteiger partial charge is 0.335 e. The third-order valence-electron chi connectivity index (χ3n) is 17.3. The van der Waals surface area contributed by atoms with Gasteiger partial charge in [0.1, 0.15) is 0 Å². The molecule has 3 nitrogen and oxygen atoms in total. The Labute approximate surface area is 364 Å². The van der Waals surface area contributed by atoms with E-state index in [4.69, 9.17) is 0 Å². The van der Waals surface area contributed by atoms with Gasteiger partial charge in [-0.25, -0.2) is 0 Å². The molecule has 0 amide bonds. The molecule has 4 heterocycles. The van der Waals surface area contributed by atoms with Crippen molar-refractivity contribution in [1.82, 2.24) is 0 Å². The fourth-order valence-electron chi connectivity index (χ4n) is 14.2. The molecule has 0 aromatic heterocycles. The van der Waals surface area contributed by atoms with E-state index in [1.807, 2.05) is 0 Å². The molecule has 0 spiro atoms. The van der Waals surface area contributed by atoms with Crippen LogP contribution in [0.5, 0.6) is 0 Å². The van der Waals surface area contributed by atoms with E-state index in [0.29, 0.717) is 0 Å². The lowest BCUT2D eigenvalue weighted by atomic mass is 9.33. The topological polar surface area (TPSA) is 9.72 Å². The highest BCUT2D eigenvalue weighted by molar-refractivity contribution is 7.00. The first kappa shape index (κ1) is 37.5. The van der Waals surface area contributed by atoms with E-state index >= 15 is 0 Å². The van der Waals surface area contributed by atoms with Crippen LogP contribution in [-0.4, -0.2) is 17.8 Å². The minimum Gasteiger partial charge on any atom is -0.335 e. The Morgan fingerprint density at radius 1 is 0.525 bits per heavy atom. The van der Waals surface area contributed by atoms with E-state index in [9.17, 15) is 0 Å². The monoisotopic (exact) mass is 797 g/mol. The Morgan fingerprint density at radius 2 is 1.23 bits per heavy atom. The van der Waals surface area contributed by atoms with Gasteiger partial charge in [-0.05, 0) is 145 Å². The van der Waals surface area contributed by atoms with Gasteiger partial charge in [-0.1, -0.05) is 138 Å². The van der Waals surface area contributed by atoms with Crippen LogP contribution in [0, 0.1) is 13.8 Å². The fraction of sp³-hybridized carbons (Fsp3) is 0.368. The number of benzene rings is 6. The highest BCUT2D eigenvalue weighted by Crippen LogP contribution is 2.66. The molecule has 4 atom stereocenters. The summed E-state index contributed by atoms with van der Waals surface area (Å²) in [7, 11) is 0. The summed E-state index contributed by atoms with van der Waals surface area (Å²) in [6.45, 7) is 19.7. The molecule has 4 heteroatoms. The Balaban J connectivity index is 1.24. The summed E-state index contributed by atoms with van der Waals surface area (Å²) >= 11 is 0. The maximum absolute atomic E-state index is 2.95. The van der Waals surface area contributed by atoms with E-state index in [0.717, 1.165) is 12.8 Å². The number of para-hydroxylation sites is 1. The van der Waals surface area contributed by atoms with Gasteiger partial charge >= 0.3 is 0 Å². The van der Waals surface area contributed by atoms with E-state index in [1.54, 1.807) is 5.56 Å². The van der Waals surface area contributed by atoms with Gasteiger partial charge in [0, 0.05) is 50.6 Å². The van der Waals surface area contributed by atoms with Crippen LogP contribution in [0.25, 0.3) is 0 Å². The van der Waals surface area contributed by atoms with Crippen molar-refractivity contribution >= 4 is 62.9 Å². The molecule has 0 bridgehead atoms. The highest BCUT2D eigenvalue weighted by Gasteiger charge is 2.65. The maximum Gasteiger partial charge on any atom is 0.252 e. The molecule has 6 aromatic rings. The molecule has 4 aliphatic heterocycles. The molecule has 12 rings (SSSR count). The summed E-state index contributed by atoms with van der Waals surface area (Å²) in [5.41, 5.74) is 22.1. The number of rotatable bonds is 3. The van der Waals surface area contributed by atoms with Crippen molar-refractivity contribution < 1.29 is 0 Å². The lowest BCUT2D eigenvalue weighted by Gasteiger charge is -2.54. The van der Waals surface area contributed by atoms with Gasteiger partial charge in [-0.3, -0.25) is 0 Å². The first-order valence-electron chi connectivity index (χ1n) is 23.4. The van der Waals surface area contributed by atoms with E-state index in [2.05, 4.69) is 191 Å². The molecule has 6 aliphatic rings. The molecule has 2 aliphatic carbocycles. The lowest BCUT2D eigenvalue weighted by Crippen LogP contribution is -2.65. The summed E-state index contributed by atoms with van der Waals surface area (Å²) in [5, 5.41) is 0. The van der Waals surface area contributed by atoms with Crippen molar-refractivity contribution in [1.29, 1.82) is 0 Å². The molecule has 306 valence electrons. The van der Waals surface area contributed by atoms with Gasteiger partial charge in [0.05, 0.1) is 11.1 Å². The first-order chi connectivity index (χ1) is 29.3. The molecule has 61 heavy (non-hydrogen) atoms. The van der Waals surface area contributed by atoms with Crippen LogP contribution < -0.4 is 31.1 Å². The van der Waals surface area contributed by atoms with Crippen molar-refractivity contribution in [2.75, 3.05) is 14.7 Å². The first-order valence-corrected chi connectivity index (χ1v) is 23.4. The normalized spacial score (nSPS) is 26.6. The van der Waals surface area contributed by atoms with Crippen molar-refractivity contribution in [3.05, 3.63) is 155 Å². The molecule has 4 unspecified atom stereocenters. The summed E-state index contributed by atoms with van der Waals surface area (Å²) in [6.07, 6.45) is 9.70. The molecular formula is C57H60BN3. The van der Waals surface area contributed by atoms with E-state index in [-0.39, 0.29) is 34.0 Å². The van der Waals surface area contributed by atoms with Crippen LogP contribution in [0.4, 0.5) is 39.8 Å².